The fourth-order valence-corrected chi connectivity index (χ4v) is 5.10. The molecule has 1 unspecified atom stereocenters. The molecule has 0 aliphatic heterocycles. The lowest BCUT2D eigenvalue weighted by Crippen LogP contribution is -2.19. The molecule has 0 bridgehead atoms. The third kappa shape index (κ3) is 7.48. The van der Waals surface area contributed by atoms with Gasteiger partial charge < -0.3 is 15.7 Å². The van der Waals surface area contributed by atoms with E-state index in [0.717, 1.165) is 16.0 Å². The summed E-state index contributed by atoms with van der Waals surface area (Å²) < 4.78 is 13.2. The van der Waals surface area contributed by atoms with Gasteiger partial charge in [0.25, 0.3) is 0 Å². The Morgan fingerprint density at radius 1 is 0.919 bits per heavy atom. The van der Waals surface area contributed by atoms with Gasteiger partial charge in [-0.2, -0.15) is 0 Å². The number of nitrogens with zero attached hydrogens (tertiary/aromatic N) is 1. The number of hydrogen-bond donors (Lipinski definition) is 3. The van der Waals surface area contributed by atoms with Crippen LogP contribution < -0.4 is 10.6 Å². The van der Waals surface area contributed by atoms with E-state index in [4.69, 9.17) is 5.11 Å². The Morgan fingerprint density at radius 2 is 1.62 bits per heavy atom. The summed E-state index contributed by atoms with van der Waals surface area (Å²) in [6.45, 7) is 0. The highest BCUT2D eigenvalue weighted by atomic mass is 32.2. The predicted molar refractivity (Wildman–Crippen MR) is 143 cm³/mol. The predicted octanol–water partition coefficient (Wildman–Crippen LogP) is 6.22. The molecule has 4 aromatic rings. The van der Waals surface area contributed by atoms with E-state index in [9.17, 15) is 18.8 Å². The molecule has 1 aromatic heterocycles. The molecule has 0 spiro atoms. The van der Waals surface area contributed by atoms with Crippen molar-refractivity contribution in [2.24, 2.45) is 0 Å². The summed E-state index contributed by atoms with van der Waals surface area (Å²) in [7, 11) is 0. The number of carboxylic acid groups (broad SMARTS) is 1. The Morgan fingerprint density at radius 3 is 2.30 bits per heavy atom. The molecule has 1 atom stereocenters. The van der Waals surface area contributed by atoms with Crippen LogP contribution >= 0.6 is 23.1 Å². The van der Waals surface area contributed by atoms with E-state index in [1.165, 1.54) is 35.2 Å². The van der Waals surface area contributed by atoms with Crippen molar-refractivity contribution in [2.75, 3.05) is 10.6 Å². The van der Waals surface area contributed by atoms with Crippen LogP contribution in [0.1, 0.15) is 23.7 Å². The second-order valence-corrected chi connectivity index (χ2v) is 9.95. The minimum Gasteiger partial charge on any atom is -0.481 e. The number of nitrogens with one attached hydrogen (secondary N) is 2. The zero-order valence-electron chi connectivity index (χ0n) is 19.4. The van der Waals surface area contributed by atoms with Crippen LogP contribution in [0, 0.1) is 5.82 Å². The van der Waals surface area contributed by atoms with Crippen molar-refractivity contribution in [1.29, 1.82) is 0 Å². The van der Waals surface area contributed by atoms with Crippen molar-refractivity contribution in [2.45, 2.75) is 23.0 Å². The molecule has 3 N–H and O–H groups in total. The van der Waals surface area contributed by atoms with E-state index in [1.807, 2.05) is 30.3 Å². The second kappa shape index (κ2) is 12.3. The molecule has 37 heavy (non-hydrogen) atoms. The zero-order valence-corrected chi connectivity index (χ0v) is 21.0. The molecule has 0 aliphatic carbocycles. The minimum absolute atomic E-state index is 0.109. The topological polar surface area (TPSA) is 108 Å². The molecular weight excluding hydrogens is 513 g/mol. The number of halogens is 1. The van der Waals surface area contributed by atoms with Crippen LogP contribution in [0.3, 0.4) is 0 Å². The molecule has 1 heterocycles. The zero-order chi connectivity index (χ0) is 26.2. The summed E-state index contributed by atoms with van der Waals surface area (Å²) in [5.74, 6) is -1.99. The first-order chi connectivity index (χ1) is 17.9. The molecule has 2 amide bonds. The number of thioether (sulfide) groups is 1. The second-order valence-electron chi connectivity index (χ2n) is 7.91. The first-order valence-corrected chi connectivity index (χ1v) is 13.0. The monoisotopic (exact) mass is 535 g/mol. The molecule has 0 radical (unpaired) electrons. The summed E-state index contributed by atoms with van der Waals surface area (Å²) >= 11 is 2.63. The Labute approximate surface area is 220 Å². The maximum absolute atomic E-state index is 13.3. The molecule has 0 saturated heterocycles. The largest absolute Gasteiger partial charge is 0.481 e. The quantitative estimate of drug-likeness (QED) is 0.208. The number of carbonyl (C=O) groups is 3. The smallest absolute Gasteiger partial charge is 0.303 e. The van der Waals surface area contributed by atoms with Gasteiger partial charge in [0.1, 0.15) is 11.1 Å². The van der Waals surface area contributed by atoms with Crippen molar-refractivity contribution < 1.29 is 23.9 Å². The molecule has 0 aliphatic rings. The third-order valence-corrected chi connectivity index (χ3v) is 7.20. The van der Waals surface area contributed by atoms with Crippen LogP contribution in [0.2, 0.25) is 0 Å². The summed E-state index contributed by atoms with van der Waals surface area (Å²) in [5.41, 5.74) is 2.75. The number of carboxylic acids is 1. The number of aliphatic carboxylic acids is 1. The Bertz CT molecular complexity index is 1380. The molecule has 188 valence electrons. The number of thiazole rings is 1. The summed E-state index contributed by atoms with van der Waals surface area (Å²) in [6.07, 6.45) is -0.347. The standard InChI is InChI=1S/C27H22FN3O4S2/c28-19-8-6-17(7-9-19)22-16-36-27(30-22)31-26(35)25(18-4-2-1-3-5-18)37-21-12-10-20(11-13-21)29-23(32)14-15-24(33)34/h1-13,16,25H,14-15H2,(H,29,32)(H,33,34)(H,30,31,35). The molecule has 0 fully saturated rings. The highest BCUT2D eigenvalue weighted by molar-refractivity contribution is 8.00. The Balaban J connectivity index is 1.45. The summed E-state index contributed by atoms with van der Waals surface area (Å²) in [5, 5.41) is 15.9. The van der Waals surface area contributed by atoms with E-state index in [1.54, 1.807) is 41.8 Å². The maximum Gasteiger partial charge on any atom is 0.303 e. The first kappa shape index (κ1) is 26.1. The minimum atomic E-state index is -1.03. The Kier molecular flexibility index (Phi) is 8.65. The van der Waals surface area contributed by atoms with Crippen LogP contribution in [0.15, 0.2) is 89.1 Å². The van der Waals surface area contributed by atoms with Gasteiger partial charge in [-0.15, -0.1) is 23.1 Å². The number of aromatic nitrogens is 1. The average Bonchev–Trinajstić information content (AvgIpc) is 3.36. The van der Waals surface area contributed by atoms with Gasteiger partial charge in [-0.1, -0.05) is 30.3 Å². The molecule has 3 aromatic carbocycles. The van der Waals surface area contributed by atoms with Crippen LogP contribution in [0.4, 0.5) is 15.2 Å². The van der Waals surface area contributed by atoms with E-state index < -0.39 is 11.2 Å². The van der Waals surface area contributed by atoms with Crippen LogP contribution in [-0.2, 0) is 14.4 Å². The van der Waals surface area contributed by atoms with Gasteiger partial charge in [0.05, 0.1) is 12.1 Å². The highest BCUT2D eigenvalue weighted by Gasteiger charge is 2.23. The van der Waals surface area contributed by atoms with Gasteiger partial charge in [-0.3, -0.25) is 14.4 Å². The number of rotatable bonds is 10. The van der Waals surface area contributed by atoms with Crippen LogP contribution in [0.25, 0.3) is 11.3 Å². The normalized spacial score (nSPS) is 11.5. The van der Waals surface area contributed by atoms with Crippen molar-refractivity contribution in [1.82, 2.24) is 4.98 Å². The number of anilines is 2. The van der Waals surface area contributed by atoms with Gasteiger partial charge >= 0.3 is 5.97 Å². The van der Waals surface area contributed by atoms with Crippen LogP contribution in [-0.4, -0.2) is 27.9 Å². The lowest BCUT2D eigenvalue weighted by atomic mass is 10.1. The van der Waals surface area contributed by atoms with E-state index in [0.29, 0.717) is 16.5 Å². The molecule has 7 nitrogen and oxygen atoms in total. The fraction of sp³-hybridized carbons (Fsp3) is 0.111. The number of benzene rings is 3. The third-order valence-electron chi connectivity index (χ3n) is 5.17. The maximum atomic E-state index is 13.3. The van der Waals surface area contributed by atoms with Gasteiger partial charge in [0.2, 0.25) is 11.8 Å². The molecule has 4 rings (SSSR count). The van der Waals surface area contributed by atoms with Crippen molar-refractivity contribution >= 4 is 51.7 Å². The van der Waals surface area contributed by atoms with Crippen molar-refractivity contribution in [3.63, 3.8) is 0 Å². The summed E-state index contributed by atoms with van der Waals surface area (Å²) in [4.78, 5) is 41.1. The van der Waals surface area contributed by atoms with Crippen molar-refractivity contribution in [3.05, 3.63) is 95.6 Å². The van der Waals surface area contributed by atoms with E-state index in [-0.39, 0.29) is 30.5 Å². The first-order valence-electron chi connectivity index (χ1n) is 11.2. The number of hydrogen-bond acceptors (Lipinski definition) is 6. The lowest BCUT2D eigenvalue weighted by molar-refractivity contribution is -0.138. The van der Waals surface area contributed by atoms with Gasteiger partial charge in [0.15, 0.2) is 5.13 Å². The number of amides is 2. The van der Waals surface area contributed by atoms with Crippen molar-refractivity contribution in [3.8, 4) is 11.3 Å². The SMILES string of the molecule is O=C(O)CCC(=O)Nc1ccc(SC(C(=O)Nc2nc(-c3ccc(F)cc3)cs2)c2ccccc2)cc1. The average molecular weight is 536 g/mol. The van der Waals surface area contributed by atoms with Crippen LogP contribution in [0.5, 0.6) is 0 Å². The van der Waals surface area contributed by atoms with Gasteiger partial charge in [-0.25, -0.2) is 9.37 Å². The van der Waals surface area contributed by atoms with E-state index >= 15 is 0 Å². The Hall–Kier alpha value is -4.02. The number of carbonyl (C=O) groups excluding carboxylic acids is 2. The lowest BCUT2D eigenvalue weighted by Gasteiger charge is -2.16. The molecule has 10 heteroatoms. The van der Waals surface area contributed by atoms with E-state index in [2.05, 4.69) is 15.6 Å². The summed E-state index contributed by atoms with van der Waals surface area (Å²) in [6, 6.07) is 22.3. The van der Waals surface area contributed by atoms with Gasteiger partial charge in [0, 0.05) is 27.9 Å². The highest BCUT2D eigenvalue weighted by Crippen LogP contribution is 2.37. The fourth-order valence-electron chi connectivity index (χ4n) is 3.35. The molecule has 0 saturated carbocycles. The van der Waals surface area contributed by atoms with Gasteiger partial charge in [-0.05, 0) is 54.1 Å². The molecular formula is C27H22FN3O4S2.